The summed E-state index contributed by atoms with van der Waals surface area (Å²) < 4.78 is 0. The van der Waals surface area contributed by atoms with Gasteiger partial charge in [0.2, 0.25) is 0 Å². The highest BCUT2D eigenvalue weighted by atomic mass is 16.4. The van der Waals surface area contributed by atoms with Gasteiger partial charge in [-0.05, 0) is 22.4 Å². The van der Waals surface area contributed by atoms with Crippen LogP contribution >= 0.6 is 0 Å². The van der Waals surface area contributed by atoms with Crippen LogP contribution in [0.2, 0.25) is 0 Å². The summed E-state index contributed by atoms with van der Waals surface area (Å²) in [5.41, 5.74) is 1.41. The van der Waals surface area contributed by atoms with E-state index in [1.807, 2.05) is 6.07 Å². The minimum absolute atomic E-state index is 0.0406. The molecule has 92 valence electrons. The molecule has 0 radical (unpaired) electrons. The van der Waals surface area contributed by atoms with E-state index in [1.165, 1.54) is 6.07 Å². The Morgan fingerprint density at radius 1 is 1.00 bits per heavy atom. The van der Waals surface area contributed by atoms with Crippen molar-refractivity contribution >= 4 is 40.5 Å². The predicted molar refractivity (Wildman–Crippen MR) is 69.8 cm³/mol. The predicted octanol–water partition coefficient (Wildman–Crippen LogP) is 2.16. The van der Waals surface area contributed by atoms with Crippen LogP contribution in [0.5, 0.6) is 0 Å². The van der Waals surface area contributed by atoms with Gasteiger partial charge in [-0.1, -0.05) is 24.3 Å². The number of carboxylic acids is 1. The van der Waals surface area contributed by atoms with Crippen LogP contribution in [0.15, 0.2) is 30.3 Å². The molecule has 0 aliphatic heterocycles. The highest BCUT2D eigenvalue weighted by molar-refractivity contribution is 6.38. The minimum Gasteiger partial charge on any atom is -0.478 e. The Bertz CT molecular complexity index is 784. The van der Waals surface area contributed by atoms with E-state index in [2.05, 4.69) is 0 Å². The summed E-state index contributed by atoms with van der Waals surface area (Å²) in [7, 11) is 0. The number of hydrogen-bond acceptors (Lipinski definition) is 3. The van der Waals surface area contributed by atoms with Crippen LogP contribution in [0.1, 0.15) is 21.5 Å². The Balaban J connectivity index is 2.56. The Morgan fingerprint density at radius 2 is 1.74 bits per heavy atom. The maximum Gasteiger partial charge on any atom is 0.336 e. The van der Waals surface area contributed by atoms with Crippen LogP contribution < -0.4 is 0 Å². The highest BCUT2D eigenvalue weighted by Crippen LogP contribution is 2.42. The molecule has 0 spiro atoms. The third-order valence-corrected chi connectivity index (χ3v) is 3.36. The fraction of sp³-hybridized carbons (Fsp3) is 0. The molecule has 1 aliphatic carbocycles. The molecule has 0 amide bonds. The number of benzene rings is 2. The lowest BCUT2D eigenvalue weighted by Gasteiger charge is -2.06. The molecule has 4 nitrogen and oxygen atoms in total. The van der Waals surface area contributed by atoms with Crippen molar-refractivity contribution in [1.82, 2.24) is 0 Å². The molecule has 0 aromatic heterocycles. The molecule has 2 aromatic rings. The van der Waals surface area contributed by atoms with Crippen LogP contribution in [-0.4, -0.2) is 23.6 Å². The Labute approximate surface area is 108 Å². The molecule has 0 saturated heterocycles. The van der Waals surface area contributed by atoms with E-state index in [1.54, 1.807) is 18.2 Å². The molecule has 1 N–H and O–H groups in total. The lowest BCUT2D eigenvalue weighted by atomic mass is 9.97. The maximum atomic E-state index is 11.3. The first-order chi connectivity index (χ1) is 9.19. The van der Waals surface area contributed by atoms with Gasteiger partial charge in [0.15, 0.2) is 12.6 Å². The molecule has 0 heterocycles. The number of allylic oxidation sites excluding steroid dienone is 2. The zero-order chi connectivity index (χ0) is 13.6. The Kier molecular flexibility index (Phi) is 2.32. The lowest BCUT2D eigenvalue weighted by Crippen LogP contribution is -2.02. The summed E-state index contributed by atoms with van der Waals surface area (Å²) in [5, 5.41) is 10.7. The third-order valence-electron chi connectivity index (χ3n) is 3.36. The molecule has 0 bridgehead atoms. The molecule has 0 unspecified atom stereocenters. The van der Waals surface area contributed by atoms with Crippen LogP contribution in [0.4, 0.5) is 0 Å². The second-order valence-corrected chi connectivity index (χ2v) is 4.26. The van der Waals surface area contributed by atoms with Gasteiger partial charge in [0.05, 0.1) is 5.56 Å². The van der Waals surface area contributed by atoms with E-state index in [0.717, 1.165) is 5.39 Å². The van der Waals surface area contributed by atoms with Gasteiger partial charge in [-0.15, -0.1) is 0 Å². The van der Waals surface area contributed by atoms with Crippen molar-refractivity contribution in [3.8, 4) is 0 Å². The zero-order valence-corrected chi connectivity index (χ0v) is 9.71. The van der Waals surface area contributed by atoms with Gasteiger partial charge >= 0.3 is 5.97 Å². The average molecular weight is 252 g/mol. The topological polar surface area (TPSA) is 71.4 Å². The van der Waals surface area contributed by atoms with Crippen LogP contribution in [0, 0.1) is 0 Å². The van der Waals surface area contributed by atoms with E-state index in [-0.39, 0.29) is 16.7 Å². The van der Waals surface area contributed by atoms with Gasteiger partial charge in [0, 0.05) is 16.7 Å². The summed E-state index contributed by atoms with van der Waals surface area (Å²) in [6.45, 7) is 0. The Morgan fingerprint density at radius 3 is 2.37 bits per heavy atom. The smallest absolute Gasteiger partial charge is 0.336 e. The van der Waals surface area contributed by atoms with E-state index in [0.29, 0.717) is 29.1 Å². The van der Waals surface area contributed by atoms with Crippen molar-refractivity contribution in [2.75, 3.05) is 0 Å². The van der Waals surface area contributed by atoms with Crippen LogP contribution in [0.3, 0.4) is 0 Å². The maximum absolute atomic E-state index is 11.3. The molecule has 0 saturated carbocycles. The van der Waals surface area contributed by atoms with E-state index >= 15 is 0 Å². The van der Waals surface area contributed by atoms with Crippen molar-refractivity contribution in [2.45, 2.75) is 0 Å². The molecule has 2 aromatic carbocycles. The first kappa shape index (κ1) is 11.3. The average Bonchev–Trinajstić information content (AvgIpc) is 2.74. The van der Waals surface area contributed by atoms with Crippen LogP contribution in [0.25, 0.3) is 21.9 Å². The summed E-state index contributed by atoms with van der Waals surface area (Å²) >= 11 is 0. The number of hydrogen-bond donors (Lipinski definition) is 1. The molecule has 19 heavy (non-hydrogen) atoms. The molecule has 0 fully saturated rings. The second kappa shape index (κ2) is 3.88. The summed E-state index contributed by atoms with van der Waals surface area (Å²) in [6.07, 6.45) is 1.15. The number of aldehydes is 2. The summed E-state index contributed by atoms with van der Waals surface area (Å²) in [6, 6.07) is 8.46. The van der Waals surface area contributed by atoms with Crippen molar-refractivity contribution in [3.05, 3.63) is 47.0 Å². The zero-order valence-electron chi connectivity index (χ0n) is 9.71. The standard InChI is InChI=1S/C15H8O4/c16-6-11-9-3-1-2-8-4-5-10(15(18)19)14(13(8)9)12(11)7-17/h1-7H,(H,18,19). The fourth-order valence-electron chi connectivity index (χ4n) is 2.59. The monoisotopic (exact) mass is 252 g/mol. The van der Waals surface area contributed by atoms with Gasteiger partial charge in [0.25, 0.3) is 0 Å². The van der Waals surface area contributed by atoms with E-state index in [9.17, 15) is 19.5 Å². The SMILES string of the molecule is O=CC1=C(C=O)c2c(C(=O)O)ccc3cccc1c23. The Hall–Kier alpha value is -2.75. The largest absolute Gasteiger partial charge is 0.478 e. The highest BCUT2D eigenvalue weighted by Gasteiger charge is 2.27. The first-order valence-electron chi connectivity index (χ1n) is 5.63. The quantitative estimate of drug-likeness (QED) is 0.849. The van der Waals surface area contributed by atoms with Gasteiger partial charge in [-0.2, -0.15) is 0 Å². The normalized spacial score (nSPS) is 12.8. The van der Waals surface area contributed by atoms with Gasteiger partial charge < -0.3 is 5.11 Å². The van der Waals surface area contributed by atoms with Gasteiger partial charge in [-0.25, -0.2) is 4.79 Å². The van der Waals surface area contributed by atoms with Crippen molar-refractivity contribution in [2.24, 2.45) is 0 Å². The van der Waals surface area contributed by atoms with E-state index in [4.69, 9.17) is 0 Å². The number of carbonyl (C=O) groups is 3. The van der Waals surface area contributed by atoms with Crippen molar-refractivity contribution in [3.63, 3.8) is 0 Å². The molecular formula is C15H8O4. The van der Waals surface area contributed by atoms with Crippen LogP contribution in [-0.2, 0) is 9.59 Å². The van der Waals surface area contributed by atoms with Crippen molar-refractivity contribution < 1.29 is 19.5 Å². The molecule has 0 atom stereocenters. The second-order valence-electron chi connectivity index (χ2n) is 4.26. The van der Waals surface area contributed by atoms with Crippen molar-refractivity contribution in [1.29, 1.82) is 0 Å². The number of aromatic carboxylic acids is 1. The van der Waals surface area contributed by atoms with E-state index < -0.39 is 5.97 Å². The number of carboxylic acid groups (broad SMARTS) is 1. The third kappa shape index (κ3) is 1.37. The van der Waals surface area contributed by atoms with Gasteiger partial charge in [-0.3, -0.25) is 9.59 Å². The lowest BCUT2D eigenvalue weighted by molar-refractivity contribution is -0.104. The molecular weight excluding hydrogens is 244 g/mol. The number of carbonyl (C=O) groups excluding carboxylic acids is 2. The summed E-state index contributed by atoms with van der Waals surface area (Å²) in [4.78, 5) is 33.7. The fourth-order valence-corrected chi connectivity index (χ4v) is 2.59. The number of rotatable bonds is 3. The summed E-state index contributed by atoms with van der Waals surface area (Å²) in [5.74, 6) is -1.11. The minimum atomic E-state index is -1.11. The molecule has 4 heteroatoms. The first-order valence-corrected chi connectivity index (χ1v) is 5.63. The van der Waals surface area contributed by atoms with Gasteiger partial charge in [0.1, 0.15) is 0 Å². The molecule has 3 rings (SSSR count). The molecule has 1 aliphatic rings.